The molecule has 1 saturated carbocycles. The first-order chi connectivity index (χ1) is 10.2. The lowest BCUT2D eigenvalue weighted by Crippen LogP contribution is -2.02. The molecule has 0 bridgehead atoms. The molecule has 4 rings (SSSR count). The monoisotopic (exact) mass is 341 g/mol. The Bertz CT molecular complexity index is 845. The summed E-state index contributed by atoms with van der Waals surface area (Å²) in [4.78, 5) is 17.7. The molecule has 0 unspecified atom stereocenters. The largest absolute Gasteiger partial charge is 0.383 e. The second-order valence-electron chi connectivity index (χ2n) is 5.17. The van der Waals surface area contributed by atoms with Crippen LogP contribution in [-0.2, 0) is 0 Å². The topological polar surface area (TPSA) is 77.6 Å². The molecule has 1 aromatic carbocycles. The van der Waals surface area contributed by atoms with E-state index in [1.165, 1.54) is 0 Å². The third kappa shape index (κ3) is 2.25. The molecule has 6 heteroatoms. The van der Waals surface area contributed by atoms with Gasteiger partial charge in [-0.05, 0) is 47.0 Å². The average Bonchev–Trinajstić information content (AvgIpc) is 3.34. The zero-order valence-corrected chi connectivity index (χ0v) is 12.7. The van der Waals surface area contributed by atoms with Crippen molar-refractivity contribution in [3.63, 3.8) is 0 Å². The molecule has 0 spiro atoms. The van der Waals surface area contributed by atoms with E-state index < -0.39 is 0 Å². The van der Waals surface area contributed by atoms with E-state index in [0.717, 1.165) is 39.6 Å². The van der Waals surface area contributed by atoms with Gasteiger partial charge in [-0.15, -0.1) is 0 Å². The van der Waals surface area contributed by atoms with E-state index in [0.29, 0.717) is 17.6 Å². The summed E-state index contributed by atoms with van der Waals surface area (Å²) >= 11 is 3.49. The Morgan fingerprint density at radius 3 is 2.57 bits per heavy atom. The Balaban J connectivity index is 1.87. The Kier molecular flexibility index (Phi) is 2.85. The first kappa shape index (κ1) is 12.6. The zero-order valence-electron chi connectivity index (χ0n) is 11.1. The van der Waals surface area contributed by atoms with Gasteiger partial charge in [0.2, 0.25) is 0 Å². The summed E-state index contributed by atoms with van der Waals surface area (Å²) in [5.74, 6) is 1.63. The molecule has 1 aliphatic rings. The third-order valence-corrected chi connectivity index (χ3v) is 4.41. The summed E-state index contributed by atoms with van der Waals surface area (Å²) in [5, 5.41) is 0. The molecule has 1 aliphatic carbocycles. The number of rotatable bonds is 2. The molecule has 0 saturated heterocycles. The van der Waals surface area contributed by atoms with Crippen LogP contribution in [0.1, 0.15) is 24.5 Å². The van der Waals surface area contributed by atoms with Gasteiger partial charge in [0.25, 0.3) is 0 Å². The summed E-state index contributed by atoms with van der Waals surface area (Å²) in [7, 11) is 0. The van der Waals surface area contributed by atoms with Crippen molar-refractivity contribution in [2.24, 2.45) is 0 Å². The van der Waals surface area contributed by atoms with Gasteiger partial charge in [-0.3, -0.25) is 9.97 Å². The molecule has 2 aromatic heterocycles. The Labute approximate surface area is 129 Å². The van der Waals surface area contributed by atoms with E-state index in [1.807, 2.05) is 18.2 Å². The summed E-state index contributed by atoms with van der Waals surface area (Å²) in [6.07, 6.45) is 5.69. The number of nitrogen functional groups attached to an aromatic ring is 1. The van der Waals surface area contributed by atoms with E-state index in [9.17, 15) is 0 Å². The molecular weight excluding hydrogens is 330 g/mol. The summed E-state index contributed by atoms with van der Waals surface area (Å²) in [6.45, 7) is 0. The fourth-order valence-corrected chi connectivity index (χ4v) is 2.84. The van der Waals surface area contributed by atoms with Crippen LogP contribution in [0.2, 0.25) is 0 Å². The smallest absolute Gasteiger partial charge is 0.161 e. The molecular formula is C15H12BrN5. The highest BCUT2D eigenvalue weighted by molar-refractivity contribution is 9.10. The summed E-state index contributed by atoms with van der Waals surface area (Å²) in [5.41, 5.74) is 9.61. The molecule has 21 heavy (non-hydrogen) atoms. The van der Waals surface area contributed by atoms with Gasteiger partial charge >= 0.3 is 0 Å². The number of aromatic nitrogens is 4. The molecule has 0 amide bonds. The van der Waals surface area contributed by atoms with Gasteiger partial charge < -0.3 is 5.73 Å². The first-order valence-electron chi connectivity index (χ1n) is 6.76. The first-order valence-corrected chi connectivity index (χ1v) is 7.56. The number of nitrogens with zero attached hydrogens (tertiary/aromatic N) is 4. The fourth-order valence-electron chi connectivity index (χ4n) is 2.34. The van der Waals surface area contributed by atoms with Crippen molar-refractivity contribution < 1.29 is 0 Å². The number of anilines is 1. The predicted octanol–water partition coefficient (Wildman–Crippen LogP) is 3.31. The van der Waals surface area contributed by atoms with Crippen LogP contribution < -0.4 is 5.73 Å². The van der Waals surface area contributed by atoms with Gasteiger partial charge in [-0.1, -0.05) is 0 Å². The number of hydrogen-bond donors (Lipinski definition) is 1. The molecule has 0 radical (unpaired) electrons. The minimum Gasteiger partial charge on any atom is -0.383 e. The van der Waals surface area contributed by atoms with Crippen molar-refractivity contribution >= 4 is 32.8 Å². The number of hydrogen-bond acceptors (Lipinski definition) is 5. The normalized spacial score (nSPS) is 14.5. The Hall–Kier alpha value is -2.08. The van der Waals surface area contributed by atoms with Crippen LogP contribution in [0.3, 0.4) is 0 Å². The van der Waals surface area contributed by atoms with E-state index in [1.54, 1.807) is 12.4 Å². The standard InChI is InChI=1S/C15H12BrN5/c16-12-13(8-1-2-8)20-15(21-14(12)17)9-3-4-10-11(7-9)19-6-5-18-10/h3-8H,1-2H2,(H2,17,20,21). The highest BCUT2D eigenvalue weighted by atomic mass is 79.9. The zero-order chi connectivity index (χ0) is 14.4. The van der Waals surface area contributed by atoms with Crippen LogP contribution in [0, 0.1) is 0 Å². The van der Waals surface area contributed by atoms with Crippen molar-refractivity contribution in [3.8, 4) is 11.4 Å². The van der Waals surface area contributed by atoms with E-state index in [-0.39, 0.29) is 0 Å². The molecule has 104 valence electrons. The highest BCUT2D eigenvalue weighted by Crippen LogP contribution is 2.44. The van der Waals surface area contributed by atoms with Gasteiger partial charge in [0.15, 0.2) is 5.82 Å². The molecule has 0 aliphatic heterocycles. The SMILES string of the molecule is Nc1nc(-c2ccc3nccnc3c2)nc(C2CC2)c1Br. The predicted molar refractivity (Wildman–Crippen MR) is 84.7 cm³/mol. The van der Waals surface area contributed by atoms with Crippen LogP contribution in [0.4, 0.5) is 5.82 Å². The maximum atomic E-state index is 6.01. The van der Waals surface area contributed by atoms with E-state index in [2.05, 4.69) is 35.9 Å². The highest BCUT2D eigenvalue weighted by Gasteiger charge is 2.29. The fraction of sp³-hybridized carbons (Fsp3) is 0.200. The average molecular weight is 342 g/mol. The Morgan fingerprint density at radius 1 is 1.05 bits per heavy atom. The van der Waals surface area contributed by atoms with Gasteiger partial charge in [0.1, 0.15) is 5.82 Å². The molecule has 0 atom stereocenters. The van der Waals surface area contributed by atoms with Gasteiger partial charge in [-0.25, -0.2) is 9.97 Å². The van der Waals surface area contributed by atoms with Gasteiger partial charge in [0, 0.05) is 23.9 Å². The molecule has 1 fully saturated rings. The minimum atomic E-state index is 0.487. The van der Waals surface area contributed by atoms with Crippen LogP contribution in [0.5, 0.6) is 0 Å². The van der Waals surface area contributed by atoms with E-state index in [4.69, 9.17) is 5.73 Å². The minimum absolute atomic E-state index is 0.487. The second-order valence-corrected chi connectivity index (χ2v) is 5.96. The maximum absolute atomic E-state index is 6.01. The molecule has 2 N–H and O–H groups in total. The molecule has 3 aromatic rings. The lowest BCUT2D eigenvalue weighted by molar-refractivity contribution is 0.984. The number of halogens is 1. The van der Waals surface area contributed by atoms with Crippen LogP contribution in [0.15, 0.2) is 35.1 Å². The Morgan fingerprint density at radius 2 is 1.81 bits per heavy atom. The van der Waals surface area contributed by atoms with Gasteiger partial charge in [-0.2, -0.15) is 0 Å². The quantitative estimate of drug-likeness (QED) is 0.773. The van der Waals surface area contributed by atoms with Crippen LogP contribution in [-0.4, -0.2) is 19.9 Å². The van der Waals surface area contributed by atoms with Crippen molar-refractivity contribution in [2.45, 2.75) is 18.8 Å². The van der Waals surface area contributed by atoms with Crippen LogP contribution in [0.25, 0.3) is 22.4 Å². The second kappa shape index (κ2) is 4.73. The van der Waals surface area contributed by atoms with E-state index >= 15 is 0 Å². The van der Waals surface area contributed by atoms with Gasteiger partial charge in [0.05, 0.1) is 21.2 Å². The third-order valence-electron chi connectivity index (χ3n) is 3.59. The summed E-state index contributed by atoms with van der Waals surface area (Å²) in [6, 6.07) is 5.83. The maximum Gasteiger partial charge on any atom is 0.161 e. The molecule has 5 nitrogen and oxygen atoms in total. The van der Waals surface area contributed by atoms with Crippen molar-refractivity contribution in [1.29, 1.82) is 0 Å². The van der Waals surface area contributed by atoms with Crippen molar-refractivity contribution in [2.75, 3.05) is 5.73 Å². The molecule has 2 heterocycles. The summed E-state index contributed by atoms with van der Waals surface area (Å²) < 4.78 is 0.828. The number of benzene rings is 1. The lowest BCUT2D eigenvalue weighted by Gasteiger charge is -2.08. The number of nitrogens with two attached hydrogens (primary N) is 1. The van der Waals surface area contributed by atoms with Crippen LogP contribution >= 0.6 is 15.9 Å². The number of fused-ring (bicyclic) bond motifs is 1. The lowest BCUT2D eigenvalue weighted by atomic mass is 10.1. The van der Waals surface area contributed by atoms with Crippen molar-refractivity contribution in [3.05, 3.63) is 40.8 Å². The van der Waals surface area contributed by atoms with Crippen molar-refractivity contribution in [1.82, 2.24) is 19.9 Å².